The highest BCUT2D eigenvalue weighted by Crippen LogP contribution is 2.29. The largest absolute Gasteiger partial charge is 0.334 e. The highest BCUT2D eigenvalue weighted by Gasteiger charge is 2.36. The van der Waals surface area contributed by atoms with E-state index >= 15 is 0 Å². The van der Waals surface area contributed by atoms with Crippen LogP contribution in [0.1, 0.15) is 16.2 Å². The van der Waals surface area contributed by atoms with Gasteiger partial charge < -0.3 is 9.80 Å². The van der Waals surface area contributed by atoms with Crippen LogP contribution in [0.25, 0.3) is 16.6 Å². The zero-order valence-corrected chi connectivity index (χ0v) is 19.4. The zero-order chi connectivity index (χ0) is 23.1. The molecule has 3 aromatic heterocycles. The van der Waals surface area contributed by atoms with Gasteiger partial charge in [-0.3, -0.25) is 14.5 Å². The quantitative estimate of drug-likeness (QED) is 0.457. The molecule has 0 saturated carbocycles. The van der Waals surface area contributed by atoms with Crippen molar-refractivity contribution in [2.24, 2.45) is 0 Å². The van der Waals surface area contributed by atoms with Crippen molar-refractivity contribution in [2.75, 3.05) is 37.6 Å². The number of pyridine rings is 1. The van der Waals surface area contributed by atoms with Crippen LogP contribution in [0.4, 0.5) is 5.69 Å². The number of benzene rings is 1. The number of thiazole rings is 1. The van der Waals surface area contributed by atoms with Gasteiger partial charge in [0.05, 0.1) is 11.7 Å². The van der Waals surface area contributed by atoms with Crippen molar-refractivity contribution in [2.45, 2.75) is 12.5 Å². The fraction of sp³-hybridized carbons (Fsp3) is 0.280. The monoisotopic (exact) mass is 472 g/mol. The zero-order valence-electron chi connectivity index (χ0n) is 18.6. The third-order valence-corrected chi connectivity index (χ3v) is 7.52. The topological polar surface area (TPSA) is 74.1 Å². The average Bonchev–Trinajstić information content (AvgIpc) is 3.64. The summed E-state index contributed by atoms with van der Waals surface area (Å²) in [5.41, 5.74) is 4.13. The van der Waals surface area contributed by atoms with E-state index in [-0.39, 0.29) is 17.9 Å². The van der Waals surface area contributed by atoms with Crippen LogP contribution in [0.2, 0.25) is 0 Å². The van der Waals surface area contributed by atoms with Gasteiger partial charge in [-0.1, -0.05) is 18.2 Å². The van der Waals surface area contributed by atoms with Crippen molar-refractivity contribution in [1.29, 1.82) is 0 Å². The standard InChI is InChI=1S/C25H24N6O2S/c32-23-15-20(28-10-12-29(13-11-28)25(33)24-26-8-14-34-24)17-30(23)19-6-4-18(5-7-19)21-16-27-31-9-2-1-3-22(21)31/h1-9,14,16,20H,10-13,15,17H2. The number of hydrogen-bond acceptors (Lipinski definition) is 6. The van der Waals surface area contributed by atoms with Gasteiger partial charge in [-0.25, -0.2) is 9.50 Å². The number of aromatic nitrogens is 3. The lowest BCUT2D eigenvalue weighted by molar-refractivity contribution is -0.117. The summed E-state index contributed by atoms with van der Waals surface area (Å²) in [6.45, 7) is 3.55. The molecule has 8 nitrogen and oxygen atoms in total. The Morgan fingerprint density at radius 2 is 1.85 bits per heavy atom. The second-order valence-electron chi connectivity index (χ2n) is 8.66. The molecule has 4 aromatic rings. The number of fused-ring (bicyclic) bond motifs is 1. The normalized spacial score (nSPS) is 19.3. The number of carbonyl (C=O) groups is 2. The van der Waals surface area contributed by atoms with E-state index in [1.807, 2.05) is 56.4 Å². The lowest BCUT2D eigenvalue weighted by atomic mass is 10.1. The minimum absolute atomic E-state index is 0.00469. The first-order chi connectivity index (χ1) is 16.7. The van der Waals surface area contributed by atoms with Crippen LogP contribution in [0.3, 0.4) is 0 Å². The van der Waals surface area contributed by atoms with Gasteiger partial charge in [-0.15, -0.1) is 11.3 Å². The summed E-state index contributed by atoms with van der Waals surface area (Å²) in [4.78, 5) is 35.6. The molecular formula is C25H24N6O2S. The van der Waals surface area contributed by atoms with E-state index in [9.17, 15) is 9.59 Å². The van der Waals surface area contributed by atoms with Crippen molar-refractivity contribution in [3.8, 4) is 11.1 Å². The van der Waals surface area contributed by atoms with Gasteiger partial charge in [-0.2, -0.15) is 5.10 Å². The van der Waals surface area contributed by atoms with Gasteiger partial charge in [0.15, 0.2) is 5.01 Å². The molecule has 6 rings (SSSR count). The molecule has 2 aliphatic heterocycles. The predicted octanol–water partition coefficient (Wildman–Crippen LogP) is 3.02. The van der Waals surface area contributed by atoms with E-state index in [4.69, 9.17) is 0 Å². The summed E-state index contributed by atoms with van der Waals surface area (Å²) in [5.74, 6) is 0.153. The van der Waals surface area contributed by atoms with Crippen molar-refractivity contribution in [3.63, 3.8) is 0 Å². The van der Waals surface area contributed by atoms with Crippen molar-refractivity contribution in [1.82, 2.24) is 24.4 Å². The lowest BCUT2D eigenvalue weighted by Crippen LogP contribution is -2.52. The van der Waals surface area contributed by atoms with Crippen LogP contribution in [0.5, 0.6) is 0 Å². The van der Waals surface area contributed by atoms with E-state index in [0.29, 0.717) is 31.1 Å². The van der Waals surface area contributed by atoms with Crippen molar-refractivity contribution >= 4 is 34.4 Å². The molecule has 0 radical (unpaired) electrons. The summed E-state index contributed by atoms with van der Waals surface area (Å²) in [5, 5.41) is 6.79. The van der Waals surface area contributed by atoms with Crippen LogP contribution in [0.15, 0.2) is 66.4 Å². The Morgan fingerprint density at radius 3 is 2.62 bits per heavy atom. The Kier molecular flexibility index (Phi) is 5.35. The second-order valence-corrected chi connectivity index (χ2v) is 9.56. The number of rotatable bonds is 4. The van der Waals surface area contributed by atoms with E-state index in [1.165, 1.54) is 11.3 Å². The average molecular weight is 473 g/mol. The predicted molar refractivity (Wildman–Crippen MR) is 131 cm³/mol. The molecule has 1 unspecified atom stereocenters. The van der Waals surface area contributed by atoms with Gasteiger partial charge >= 0.3 is 0 Å². The fourth-order valence-electron chi connectivity index (χ4n) is 4.92. The van der Waals surface area contributed by atoms with E-state index in [2.05, 4.69) is 33.2 Å². The SMILES string of the molecule is O=C(c1nccs1)N1CCN(C2CC(=O)N(c3ccc(-c4cnn5ccccc45)cc3)C2)CC1. The molecule has 172 valence electrons. The van der Waals surface area contributed by atoms with Crippen LogP contribution in [0, 0.1) is 0 Å². The fourth-order valence-corrected chi connectivity index (χ4v) is 5.52. The molecular weight excluding hydrogens is 448 g/mol. The Labute approximate surface area is 201 Å². The van der Waals surface area contributed by atoms with E-state index in [0.717, 1.165) is 35.4 Å². The summed E-state index contributed by atoms with van der Waals surface area (Å²) in [6.07, 6.45) is 5.98. The smallest absolute Gasteiger partial charge is 0.282 e. The molecule has 2 fully saturated rings. The number of hydrogen-bond donors (Lipinski definition) is 0. The molecule has 0 N–H and O–H groups in total. The van der Waals surface area contributed by atoms with Crippen LogP contribution < -0.4 is 4.90 Å². The molecule has 0 bridgehead atoms. The molecule has 2 aliphatic rings. The maximum Gasteiger partial charge on any atom is 0.282 e. The third-order valence-electron chi connectivity index (χ3n) is 6.75. The summed E-state index contributed by atoms with van der Waals surface area (Å²) >= 11 is 1.38. The number of amides is 2. The third kappa shape index (κ3) is 3.76. The van der Waals surface area contributed by atoms with E-state index in [1.54, 1.807) is 6.20 Å². The van der Waals surface area contributed by atoms with Crippen LogP contribution >= 0.6 is 11.3 Å². The van der Waals surface area contributed by atoms with Crippen molar-refractivity contribution in [3.05, 3.63) is 71.4 Å². The van der Waals surface area contributed by atoms with Gasteiger partial charge in [0.25, 0.3) is 5.91 Å². The highest BCUT2D eigenvalue weighted by molar-refractivity contribution is 7.11. The minimum Gasteiger partial charge on any atom is -0.334 e. The van der Waals surface area contributed by atoms with Gasteiger partial charge in [0.1, 0.15) is 0 Å². The Hall–Kier alpha value is -3.56. The first-order valence-corrected chi connectivity index (χ1v) is 12.3. The minimum atomic E-state index is 0.00469. The number of carbonyl (C=O) groups excluding carboxylic acids is 2. The molecule has 1 atom stereocenters. The van der Waals surface area contributed by atoms with Crippen LogP contribution in [-0.4, -0.2) is 75.0 Å². The van der Waals surface area contributed by atoms with Crippen molar-refractivity contribution < 1.29 is 9.59 Å². The van der Waals surface area contributed by atoms with E-state index < -0.39 is 0 Å². The molecule has 9 heteroatoms. The molecule has 2 amide bonds. The maximum absolute atomic E-state index is 12.9. The summed E-state index contributed by atoms with van der Waals surface area (Å²) in [6, 6.07) is 14.3. The molecule has 0 spiro atoms. The number of anilines is 1. The van der Waals surface area contributed by atoms with Gasteiger partial charge in [-0.05, 0) is 29.8 Å². The summed E-state index contributed by atoms with van der Waals surface area (Å²) < 4.78 is 1.86. The number of piperazine rings is 1. The Bertz CT molecular complexity index is 1330. The van der Waals surface area contributed by atoms with Crippen LogP contribution in [-0.2, 0) is 4.79 Å². The number of nitrogens with zero attached hydrogens (tertiary/aromatic N) is 6. The first-order valence-electron chi connectivity index (χ1n) is 11.4. The first kappa shape index (κ1) is 21.0. The second kappa shape index (κ2) is 8.66. The molecule has 2 saturated heterocycles. The molecule has 1 aromatic carbocycles. The maximum atomic E-state index is 12.9. The molecule has 34 heavy (non-hydrogen) atoms. The lowest BCUT2D eigenvalue weighted by Gasteiger charge is -2.37. The Balaban J connectivity index is 1.11. The highest BCUT2D eigenvalue weighted by atomic mass is 32.1. The summed E-state index contributed by atoms with van der Waals surface area (Å²) in [7, 11) is 0. The molecule has 0 aliphatic carbocycles. The molecule has 5 heterocycles. The Morgan fingerprint density at radius 1 is 1.03 bits per heavy atom. The van der Waals surface area contributed by atoms with Gasteiger partial charge in [0, 0.05) is 74.2 Å². The van der Waals surface area contributed by atoms with Gasteiger partial charge in [0.2, 0.25) is 5.91 Å².